The first-order valence-electron chi connectivity index (χ1n) is 7.56. The molecule has 25 heavy (non-hydrogen) atoms. The summed E-state index contributed by atoms with van der Waals surface area (Å²) in [6, 6.07) is 8.24. The van der Waals surface area contributed by atoms with Crippen LogP contribution in [0.1, 0.15) is 31.1 Å². The van der Waals surface area contributed by atoms with Crippen molar-refractivity contribution in [3.8, 4) is 0 Å². The van der Waals surface area contributed by atoms with Crippen molar-refractivity contribution < 1.29 is 18.7 Å². The molecule has 1 aromatic heterocycles. The average molecular weight is 365 g/mol. The highest BCUT2D eigenvalue weighted by molar-refractivity contribution is 6.29. The smallest absolute Gasteiger partial charge is 0.326 e. The van der Waals surface area contributed by atoms with Gasteiger partial charge in [0, 0.05) is 11.9 Å². The molecule has 0 saturated carbocycles. The van der Waals surface area contributed by atoms with Gasteiger partial charge < -0.3 is 4.74 Å². The molecule has 2 rings (SSSR count). The normalized spacial score (nSPS) is 11.1. The zero-order chi connectivity index (χ0) is 18.6. The average Bonchev–Trinajstić information content (AvgIpc) is 2.52. The zero-order valence-corrected chi connectivity index (χ0v) is 14.9. The van der Waals surface area contributed by atoms with Gasteiger partial charge in [-0.25, -0.2) is 9.37 Å². The highest BCUT2D eigenvalue weighted by atomic mass is 35.5. The highest BCUT2D eigenvalue weighted by Gasteiger charge is 2.24. The molecule has 0 aliphatic carbocycles. The minimum absolute atomic E-state index is 0.247. The molecule has 2 aromatic rings. The molecule has 0 bridgehead atoms. The van der Waals surface area contributed by atoms with E-state index >= 15 is 0 Å². The van der Waals surface area contributed by atoms with Crippen LogP contribution >= 0.6 is 11.6 Å². The van der Waals surface area contributed by atoms with Crippen LogP contribution in [-0.2, 0) is 9.53 Å². The van der Waals surface area contributed by atoms with Crippen LogP contribution in [0, 0.1) is 5.82 Å². The summed E-state index contributed by atoms with van der Waals surface area (Å²) in [6.45, 7) is 4.89. The van der Waals surface area contributed by atoms with Gasteiger partial charge in [-0.3, -0.25) is 14.5 Å². The molecule has 0 fully saturated rings. The Morgan fingerprint density at radius 3 is 2.32 bits per heavy atom. The maximum absolute atomic E-state index is 13.2. The van der Waals surface area contributed by atoms with Crippen LogP contribution in [0.15, 0.2) is 42.6 Å². The number of carbonyl (C=O) groups is 2. The molecule has 0 N–H and O–H groups in total. The topological polar surface area (TPSA) is 59.5 Å². The molecule has 1 aromatic carbocycles. The van der Waals surface area contributed by atoms with Gasteiger partial charge in [-0.1, -0.05) is 11.6 Å². The van der Waals surface area contributed by atoms with E-state index in [2.05, 4.69) is 4.98 Å². The third-order valence-electron chi connectivity index (χ3n) is 3.07. The first-order valence-corrected chi connectivity index (χ1v) is 7.94. The highest BCUT2D eigenvalue weighted by Crippen LogP contribution is 2.19. The fourth-order valence-electron chi connectivity index (χ4n) is 2.06. The zero-order valence-electron chi connectivity index (χ0n) is 14.1. The van der Waals surface area contributed by atoms with Crippen molar-refractivity contribution >= 4 is 29.2 Å². The molecule has 0 spiro atoms. The number of aromatic nitrogens is 1. The Hall–Kier alpha value is -2.47. The third kappa shape index (κ3) is 5.53. The van der Waals surface area contributed by atoms with Crippen LogP contribution in [0.25, 0.3) is 0 Å². The van der Waals surface area contributed by atoms with Crippen molar-refractivity contribution in [2.24, 2.45) is 0 Å². The molecular weight excluding hydrogens is 347 g/mol. The second-order valence-corrected chi connectivity index (χ2v) is 6.71. The number of hydrogen-bond donors (Lipinski definition) is 0. The van der Waals surface area contributed by atoms with Crippen LogP contribution < -0.4 is 4.90 Å². The SMILES string of the molecule is CC(C)(C)OC(=O)CN(C(=O)c1ccc(Cl)nc1)c1ccc(F)cc1. The largest absolute Gasteiger partial charge is 0.459 e. The maximum atomic E-state index is 13.2. The molecule has 1 heterocycles. The Labute approximate surface area is 150 Å². The van der Waals surface area contributed by atoms with E-state index in [1.165, 1.54) is 47.5 Å². The molecule has 0 atom stereocenters. The van der Waals surface area contributed by atoms with Gasteiger partial charge in [-0.05, 0) is 57.2 Å². The van der Waals surface area contributed by atoms with Crippen LogP contribution in [0.2, 0.25) is 5.15 Å². The summed E-state index contributed by atoms with van der Waals surface area (Å²) in [4.78, 5) is 30.0. The lowest BCUT2D eigenvalue weighted by molar-refractivity contribution is -0.152. The summed E-state index contributed by atoms with van der Waals surface area (Å²) in [7, 11) is 0. The van der Waals surface area contributed by atoms with E-state index in [1.54, 1.807) is 20.8 Å². The summed E-state index contributed by atoms with van der Waals surface area (Å²) < 4.78 is 18.5. The van der Waals surface area contributed by atoms with E-state index in [0.717, 1.165) is 0 Å². The van der Waals surface area contributed by atoms with Crippen molar-refractivity contribution in [2.45, 2.75) is 26.4 Å². The predicted octanol–water partition coefficient (Wildman–Crippen LogP) is 3.86. The summed E-state index contributed by atoms with van der Waals surface area (Å²) in [5, 5.41) is 0.247. The second-order valence-electron chi connectivity index (χ2n) is 6.32. The number of benzene rings is 1. The van der Waals surface area contributed by atoms with Gasteiger partial charge in [0.25, 0.3) is 5.91 Å². The molecule has 0 radical (unpaired) electrons. The van der Waals surface area contributed by atoms with Crippen LogP contribution in [-0.4, -0.2) is 29.0 Å². The van der Waals surface area contributed by atoms with Crippen molar-refractivity contribution in [3.63, 3.8) is 0 Å². The number of pyridine rings is 1. The Morgan fingerprint density at radius 1 is 1.16 bits per heavy atom. The minimum Gasteiger partial charge on any atom is -0.459 e. The number of rotatable bonds is 4. The number of anilines is 1. The van der Waals surface area contributed by atoms with Gasteiger partial charge in [-0.15, -0.1) is 0 Å². The van der Waals surface area contributed by atoms with Crippen LogP contribution in [0.4, 0.5) is 10.1 Å². The third-order valence-corrected chi connectivity index (χ3v) is 3.29. The first-order chi connectivity index (χ1) is 11.7. The Morgan fingerprint density at radius 2 is 1.80 bits per heavy atom. The standard InChI is InChI=1S/C18H18ClFN2O3/c1-18(2,3)25-16(23)11-22(14-7-5-13(20)6-8-14)17(24)12-4-9-15(19)21-10-12/h4-10H,11H2,1-3H3. The minimum atomic E-state index is -0.684. The second kappa shape index (κ2) is 7.61. The molecule has 5 nitrogen and oxygen atoms in total. The number of esters is 1. The molecule has 0 aliphatic heterocycles. The molecule has 0 saturated heterocycles. The monoisotopic (exact) mass is 364 g/mol. The summed E-state index contributed by atoms with van der Waals surface area (Å²) in [5.74, 6) is -1.49. The van der Waals surface area contributed by atoms with Gasteiger partial charge in [-0.2, -0.15) is 0 Å². The lowest BCUT2D eigenvalue weighted by Gasteiger charge is -2.25. The van der Waals surface area contributed by atoms with Crippen molar-refractivity contribution in [3.05, 3.63) is 59.1 Å². The number of nitrogens with zero attached hydrogens (tertiary/aromatic N) is 2. The molecule has 0 unspecified atom stereocenters. The van der Waals surface area contributed by atoms with Crippen LogP contribution in [0.5, 0.6) is 0 Å². The summed E-state index contributed by atoms with van der Waals surface area (Å²) in [6.07, 6.45) is 1.32. The fourth-order valence-corrected chi connectivity index (χ4v) is 2.17. The number of amides is 1. The molecular formula is C18H18ClFN2O3. The maximum Gasteiger partial charge on any atom is 0.326 e. The number of halogens is 2. The van der Waals surface area contributed by atoms with Crippen molar-refractivity contribution in [1.29, 1.82) is 0 Å². The molecule has 0 aliphatic rings. The van der Waals surface area contributed by atoms with Gasteiger partial charge in [0.1, 0.15) is 23.1 Å². The van der Waals surface area contributed by atoms with Gasteiger partial charge >= 0.3 is 5.97 Å². The van der Waals surface area contributed by atoms with E-state index in [4.69, 9.17) is 16.3 Å². The predicted molar refractivity (Wildman–Crippen MR) is 93.2 cm³/mol. The van der Waals surface area contributed by atoms with E-state index in [1.807, 2.05) is 0 Å². The van der Waals surface area contributed by atoms with E-state index in [0.29, 0.717) is 5.69 Å². The van der Waals surface area contributed by atoms with Gasteiger partial charge in [0.2, 0.25) is 0 Å². The lowest BCUT2D eigenvalue weighted by atomic mass is 10.2. The molecule has 1 amide bonds. The molecule has 7 heteroatoms. The fraction of sp³-hybridized carbons (Fsp3) is 0.278. The van der Waals surface area contributed by atoms with Gasteiger partial charge in [0.05, 0.1) is 5.56 Å². The first kappa shape index (κ1) is 18.9. The Kier molecular flexibility index (Phi) is 5.74. The van der Waals surface area contributed by atoms with Gasteiger partial charge in [0.15, 0.2) is 0 Å². The molecule has 132 valence electrons. The summed E-state index contributed by atoms with van der Waals surface area (Å²) in [5.41, 5.74) is -0.0688. The Balaban J connectivity index is 2.31. The van der Waals surface area contributed by atoms with E-state index in [-0.39, 0.29) is 17.3 Å². The number of carbonyl (C=O) groups excluding carboxylic acids is 2. The summed E-state index contributed by atoms with van der Waals surface area (Å²) >= 11 is 5.74. The van der Waals surface area contributed by atoms with Crippen LogP contribution in [0.3, 0.4) is 0 Å². The van der Waals surface area contributed by atoms with E-state index in [9.17, 15) is 14.0 Å². The van der Waals surface area contributed by atoms with Crippen molar-refractivity contribution in [2.75, 3.05) is 11.4 Å². The van der Waals surface area contributed by atoms with E-state index < -0.39 is 23.3 Å². The Bertz CT molecular complexity index is 755. The number of ether oxygens (including phenoxy) is 1. The lowest BCUT2D eigenvalue weighted by Crippen LogP contribution is -2.39. The van der Waals surface area contributed by atoms with Crippen molar-refractivity contribution in [1.82, 2.24) is 4.98 Å². The number of hydrogen-bond acceptors (Lipinski definition) is 4. The quantitative estimate of drug-likeness (QED) is 0.610.